The highest BCUT2D eigenvalue weighted by atomic mass is 32.2. The van der Waals surface area contributed by atoms with Gasteiger partial charge in [0.2, 0.25) is 0 Å². The minimum Gasteiger partial charge on any atom is -0.484 e. The molecule has 0 aromatic heterocycles. The number of amides is 1. The molecule has 1 N–H and O–H groups in total. The summed E-state index contributed by atoms with van der Waals surface area (Å²) in [5.41, 5.74) is 2.40. The summed E-state index contributed by atoms with van der Waals surface area (Å²) < 4.78 is 28.7. The SMILES string of the molecule is CS(=O)(=O)c1cccc(OCC(=O)NCCC(c2ccccc2)c2ccccc2)c1. The topological polar surface area (TPSA) is 72.5 Å². The van der Waals surface area contributed by atoms with Crippen LogP contribution in [0.3, 0.4) is 0 Å². The Labute approximate surface area is 177 Å². The third kappa shape index (κ3) is 6.19. The Morgan fingerprint density at radius 3 is 2.07 bits per heavy atom. The van der Waals surface area contributed by atoms with E-state index in [0.717, 1.165) is 12.7 Å². The van der Waals surface area contributed by atoms with E-state index in [0.29, 0.717) is 12.3 Å². The summed E-state index contributed by atoms with van der Waals surface area (Å²) in [7, 11) is -3.32. The van der Waals surface area contributed by atoms with Crippen molar-refractivity contribution in [2.45, 2.75) is 17.2 Å². The molecule has 0 spiro atoms. The molecular formula is C24H25NO4S. The average molecular weight is 424 g/mol. The first-order valence-electron chi connectivity index (χ1n) is 9.73. The smallest absolute Gasteiger partial charge is 0.257 e. The van der Waals surface area contributed by atoms with Gasteiger partial charge in [-0.3, -0.25) is 4.79 Å². The van der Waals surface area contributed by atoms with Crippen LogP contribution in [0.15, 0.2) is 89.8 Å². The van der Waals surface area contributed by atoms with Gasteiger partial charge in [-0.2, -0.15) is 0 Å². The minimum absolute atomic E-state index is 0.161. The van der Waals surface area contributed by atoms with E-state index in [1.807, 2.05) is 36.4 Å². The first-order valence-corrected chi connectivity index (χ1v) is 11.6. The number of carbonyl (C=O) groups is 1. The maximum atomic E-state index is 12.2. The molecule has 0 aliphatic carbocycles. The molecule has 156 valence electrons. The number of rotatable bonds is 9. The second kappa shape index (κ2) is 10.1. The Bertz CT molecular complexity index is 1030. The van der Waals surface area contributed by atoms with Gasteiger partial charge >= 0.3 is 0 Å². The second-order valence-corrected chi connectivity index (χ2v) is 9.06. The predicted molar refractivity (Wildman–Crippen MR) is 117 cm³/mol. The standard InChI is InChI=1S/C24H25NO4S/c1-30(27,28)22-14-8-13-21(17-22)29-18-24(26)25-16-15-23(19-9-4-2-5-10-19)20-11-6-3-7-12-20/h2-14,17,23H,15-16,18H2,1H3,(H,25,26). The van der Waals surface area contributed by atoms with Crippen LogP contribution < -0.4 is 10.1 Å². The Morgan fingerprint density at radius 2 is 1.50 bits per heavy atom. The van der Waals surface area contributed by atoms with Crippen LogP contribution in [-0.2, 0) is 14.6 Å². The largest absolute Gasteiger partial charge is 0.484 e. The third-order valence-corrected chi connectivity index (χ3v) is 5.87. The van der Waals surface area contributed by atoms with Crippen LogP contribution in [0.25, 0.3) is 0 Å². The highest BCUT2D eigenvalue weighted by molar-refractivity contribution is 7.90. The molecule has 3 rings (SSSR count). The molecule has 3 aromatic rings. The second-order valence-electron chi connectivity index (χ2n) is 7.05. The number of carbonyl (C=O) groups excluding carboxylic acids is 1. The lowest BCUT2D eigenvalue weighted by atomic mass is 9.88. The minimum atomic E-state index is -3.32. The van der Waals surface area contributed by atoms with Gasteiger partial charge in [0, 0.05) is 18.7 Å². The number of hydrogen-bond donors (Lipinski definition) is 1. The molecule has 0 aliphatic heterocycles. The summed E-state index contributed by atoms with van der Waals surface area (Å²) in [5.74, 6) is 0.277. The van der Waals surface area contributed by atoms with Crippen LogP contribution in [0.5, 0.6) is 5.75 Å². The molecule has 0 heterocycles. The summed E-state index contributed by atoms with van der Waals surface area (Å²) in [6, 6.07) is 26.6. The van der Waals surface area contributed by atoms with E-state index in [1.54, 1.807) is 12.1 Å². The Morgan fingerprint density at radius 1 is 0.900 bits per heavy atom. The van der Waals surface area contributed by atoms with Crippen molar-refractivity contribution in [1.29, 1.82) is 0 Å². The quantitative estimate of drug-likeness (QED) is 0.568. The van der Waals surface area contributed by atoms with Crippen LogP contribution in [0.4, 0.5) is 0 Å². The predicted octanol–water partition coefficient (Wildman–Crippen LogP) is 3.81. The van der Waals surface area contributed by atoms with Crippen molar-refractivity contribution in [3.8, 4) is 5.75 Å². The first kappa shape index (κ1) is 21.6. The summed E-state index contributed by atoms with van der Waals surface area (Å²) in [6.07, 6.45) is 1.89. The lowest BCUT2D eigenvalue weighted by Gasteiger charge is -2.18. The van der Waals surface area contributed by atoms with Gasteiger partial charge in [-0.1, -0.05) is 66.7 Å². The lowest BCUT2D eigenvalue weighted by Crippen LogP contribution is -2.30. The lowest BCUT2D eigenvalue weighted by molar-refractivity contribution is -0.123. The summed E-state index contributed by atoms with van der Waals surface area (Å²) in [5, 5.41) is 2.89. The van der Waals surface area contributed by atoms with E-state index < -0.39 is 9.84 Å². The number of ether oxygens (including phenoxy) is 1. The van der Waals surface area contributed by atoms with Gasteiger partial charge in [-0.25, -0.2) is 8.42 Å². The van der Waals surface area contributed by atoms with Crippen molar-refractivity contribution < 1.29 is 17.9 Å². The molecule has 0 fully saturated rings. The van der Waals surface area contributed by atoms with Crippen LogP contribution >= 0.6 is 0 Å². The van der Waals surface area contributed by atoms with Gasteiger partial charge < -0.3 is 10.1 Å². The fourth-order valence-electron chi connectivity index (χ4n) is 3.25. The molecule has 0 saturated carbocycles. The third-order valence-electron chi connectivity index (χ3n) is 4.76. The van der Waals surface area contributed by atoms with Crippen molar-refractivity contribution in [1.82, 2.24) is 5.32 Å². The molecule has 0 aliphatic rings. The van der Waals surface area contributed by atoms with Gasteiger partial charge in [0.15, 0.2) is 16.4 Å². The van der Waals surface area contributed by atoms with E-state index in [1.165, 1.54) is 23.3 Å². The van der Waals surface area contributed by atoms with E-state index in [-0.39, 0.29) is 23.3 Å². The number of nitrogens with one attached hydrogen (secondary N) is 1. The molecule has 0 atom stereocenters. The fraction of sp³-hybridized carbons (Fsp3) is 0.208. The fourth-order valence-corrected chi connectivity index (χ4v) is 3.90. The molecule has 3 aromatic carbocycles. The van der Waals surface area contributed by atoms with Crippen LogP contribution in [0, 0.1) is 0 Å². The molecule has 1 amide bonds. The highest BCUT2D eigenvalue weighted by Crippen LogP contribution is 2.27. The van der Waals surface area contributed by atoms with Crippen molar-refractivity contribution in [3.05, 3.63) is 96.1 Å². The maximum absolute atomic E-state index is 12.2. The molecule has 0 bridgehead atoms. The molecule has 0 unspecified atom stereocenters. The van der Waals surface area contributed by atoms with Gasteiger partial charge in [0.05, 0.1) is 4.90 Å². The Kier molecular flexibility index (Phi) is 7.25. The van der Waals surface area contributed by atoms with Crippen LogP contribution in [0.2, 0.25) is 0 Å². The zero-order valence-electron chi connectivity index (χ0n) is 16.8. The van der Waals surface area contributed by atoms with E-state index in [9.17, 15) is 13.2 Å². The molecule has 0 radical (unpaired) electrons. The van der Waals surface area contributed by atoms with Crippen LogP contribution in [-0.4, -0.2) is 33.7 Å². The molecule has 6 heteroatoms. The number of sulfone groups is 1. The zero-order valence-corrected chi connectivity index (χ0v) is 17.6. The van der Waals surface area contributed by atoms with Gasteiger partial charge in [0.25, 0.3) is 5.91 Å². The summed E-state index contributed by atoms with van der Waals surface area (Å²) >= 11 is 0. The molecule has 30 heavy (non-hydrogen) atoms. The van der Waals surface area contributed by atoms with Gasteiger partial charge in [0.1, 0.15) is 5.75 Å². The van der Waals surface area contributed by atoms with E-state index in [2.05, 4.69) is 29.6 Å². The first-order chi connectivity index (χ1) is 14.4. The zero-order chi connectivity index (χ0) is 21.4. The van der Waals surface area contributed by atoms with Crippen LogP contribution in [0.1, 0.15) is 23.5 Å². The maximum Gasteiger partial charge on any atom is 0.257 e. The van der Waals surface area contributed by atoms with Crippen molar-refractivity contribution >= 4 is 15.7 Å². The molecule has 5 nitrogen and oxygen atoms in total. The number of hydrogen-bond acceptors (Lipinski definition) is 4. The normalized spacial score (nSPS) is 11.3. The molecule has 0 saturated heterocycles. The van der Waals surface area contributed by atoms with Gasteiger partial charge in [-0.15, -0.1) is 0 Å². The van der Waals surface area contributed by atoms with Crippen molar-refractivity contribution in [2.24, 2.45) is 0 Å². The van der Waals surface area contributed by atoms with Gasteiger partial charge in [-0.05, 0) is 35.7 Å². The summed E-state index contributed by atoms with van der Waals surface area (Å²) in [6.45, 7) is 0.328. The average Bonchev–Trinajstić information content (AvgIpc) is 2.76. The highest BCUT2D eigenvalue weighted by Gasteiger charge is 2.14. The molecular weight excluding hydrogens is 398 g/mol. The van der Waals surface area contributed by atoms with Crippen molar-refractivity contribution in [3.63, 3.8) is 0 Å². The van der Waals surface area contributed by atoms with Crippen molar-refractivity contribution in [2.75, 3.05) is 19.4 Å². The number of benzene rings is 3. The Hall–Kier alpha value is -3.12. The van der Waals surface area contributed by atoms with E-state index in [4.69, 9.17) is 4.74 Å². The monoisotopic (exact) mass is 423 g/mol. The Balaban J connectivity index is 1.55. The summed E-state index contributed by atoms with van der Waals surface area (Å²) in [4.78, 5) is 12.4. The van der Waals surface area contributed by atoms with E-state index >= 15 is 0 Å².